The van der Waals surface area contributed by atoms with Crippen LogP contribution in [0.15, 0.2) is 28.3 Å². The normalized spacial score (nSPS) is 12.1. The molecule has 9 heteroatoms. The van der Waals surface area contributed by atoms with Crippen molar-refractivity contribution in [2.24, 2.45) is 0 Å². The number of aromatic nitrogens is 5. The largest absolute Gasteiger partial charge is 0.278 e. The van der Waals surface area contributed by atoms with Crippen molar-refractivity contribution >= 4 is 22.8 Å². The summed E-state index contributed by atoms with van der Waals surface area (Å²) in [6, 6.07) is 2.54. The number of rotatable bonds is 4. The highest BCUT2D eigenvalue weighted by atomic mass is 32.2. The number of pyridine rings is 1. The minimum absolute atomic E-state index is 0.224. The van der Waals surface area contributed by atoms with Crippen molar-refractivity contribution in [1.82, 2.24) is 24.3 Å². The van der Waals surface area contributed by atoms with Gasteiger partial charge in [0.25, 0.3) is 5.56 Å². The zero-order valence-electron chi connectivity index (χ0n) is 14.2. The Labute approximate surface area is 146 Å². The fraction of sp³-hybridized carbons (Fsp3) is 0.375. The average Bonchev–Trinajstić information content (AvgIpc) is 2.85. The summed E-state index contributed by atoms with van der Waals surface area (Å²) in [6.07, 6.45) is 3.28. The molecule has 0 aliphatic heterocycles. The molecule has 3 aromatic heterocycles. The molecule has 0 aromatic carbocycles. The fourth-order valence-corrected chi connectivity index (χ4v) is 2.93. The molecule has 3 rings (SSSR count). The lowest BCUT2D eigenvalue weighted by molar-refractivity contribution is 0.205. The maximum absolute atomic E-state index is 14.3. The summed E-state index contributed by atoms with van der Waals surface area (Å²) in [5.41, 5.74) is -2.20. The smallest absolute Gasteiger partial charge is 0.267 e. The molecule has 6 nitrogen and oxygen atoms in total. The molecule has 0 amide bonds. The predicted octanol–water partition coefficient (Wildman–Crippen LogP) is 3.06. The lowest BCUT2D eigenvalue weighted by Crippen LogP contribution is -2.23. The minimum atomic E-state index is -1.96. The molecule has 0 radical (unpaired) electrons. The van der Waals surface area contributed by atoms with Crippen LogP contribution in [0.1, 0.15) is 26.5 Å². The Hall–Kier alpha value is -2.29. The summed E-state index contributed by atoms with van der Waals surface area (Å²) in [7, 11) is 0. The van der Waals surface area contributed by atoms with Crippen LogP contribution < -0.4 is 5.56 Å². The van der Waals surface area contributed by atoms with Gasteiger partial charge in [-0.3, -0.25) is 4.79 Å². The summed E-state index contributed by atoms with van der Waals surface area (Å²) >= 11 is 1.33. The van der Waals surface area contributed by atoms with E-state index in [9.17, 15) is 13.6 Å². The maximum atomic E-state index is 14.3. The van der Waals surface area contributed by atoms with Gasteiger partial charge in [-0.2, -0.15) is 0 Å². The van der Waals surface area contributed by atoms with E-state index in [1.165, 1.54) is 47.2 Å². The summed E-state index contributed by atoms with van der Waals surface area (Å²) in [4.78, 5) is 25.2. The van der Waals surface area contributed by atoms with Crippen molar-refractivity contribution in [2.45, 2.75) is 38.1 Å². The molecule has 0 fully saturated rings. The van der Waals surface area contributed by atoms with Crippen molar-refractivity contribution < 1.29 is 8.78 Å². The first-order chi connectivity index (χ1) is 11.8. The van der Waals surface area contributed by atoms with Crippen molar-refractivity contribution in [3.8, 4) is 5.82 Å². The van der Waals surface area contributed by atoms with Gasteiger partial charge in [0.15, 0.2) is 16.6 Å². The summed E-state index contributed by atoms with van der Waals surface area (Å²) in [5.74, 6) is -0.514. The van der Waals surface area contributed by atoms with Gasteiger partial charge >= 0.3 is 0 Å². The highest BCUT2D eigenvalue weighted by Crippen LogP contribution is 2.27. The lowest BCUT2D eigenvalue weighted by atomic mass is 10.1. The first-order valence-electron chi connectivity index (χ1n) is 7.66. The van der Waals surface area contributed by atoms with Gasteiger partial charge in [-0.25, -0.2) is 33.1 Å². The molecule has 0 N–H and O–H groups in total. The van der Waals surface area contributed by atoms with Crippen LogP contribution in [0.2, 0.25) is 0 Å². The van der Waals surface area contributed by atoms with Crippen LogP contribution in [0.4, 0.5) is 8.78 Å². The molecule has 0 aliphatic rings. The highest BCUT2D eigenvalue weighted by Gasteiger charge is 2.27. The third-order valence-corrected chi connectivity index (χ3v) is 4.31. The van der Waals surface area contributed by atoms with E-state index in [1.54, 1.807) is 6.92 Å². The van der Waals surface area contributed by atoms with Crippen LogP contribution in [0, 0.1) is 5.82 Å². The predicted molar refractivity (Wildman–Crippen MR) is 92.5 cm³/mol. The van der Waals surface area contributed by atoms with E-state index in [-0.39, 0.29) is 17.1 Å². The van der Waals surface area contributed by atoms with E-state index in [1.807, 2.05) is 6.26 Å². The van der Waals surface area contributed by atoms with Crippen LogP contribution in [-0.4, -0.2) is 30.6 Å². The first-order valence-corrected chi connectivity index (χ1v) is 8.89. The van der Waals surface area contributed by atoms with Gasteiger partial charge in [-0.15, -0.1) is 0 Å². The monoisotopic (exact) mass is 365 g/mol. The number of halogens is 2. The van der Waals surface area contributed by atoms with Crippen LogP contribution in [0.25, 0.3) is 16.9 Å². The van der Waals surface area contributed by atoms with Crippen LogP contribution in [-0.2, 0) is 12.2 Å². The van der Waals surface area contributed by atoms with Gasteiger partial charge in [-0.1, -0.05) is 11.8 Å². The standard InChI is InChI=1S/C16H17F2N5OS/c1-5-22-14(24)9-8-19-15(25-4)21-13(9)23(22)11-7-6-10(17)12(20-11)16(2,3)18/h6-8H,5H2,1-4H3. The van der Waals surface area contributed by atoms with Gasteiger partial charge in [0.1, 0.15) is 22.6 Å². The summed E-state index contributed by atoms with van der Waals surface area (Å²) < 4.78 is 31.2. The zero-order chi connectivity index (χ0) is 18.4. The second-order valence-corrected chi connectivity index (χ2v) is 6.67. The number of hydrogen-bond donors (Lipinski definition) is 0. The Morgan fingerprint density at radius 3 is 2.60 bits per heavy atom. The molecule has 0 saturated carbocycles. The molecule has 132 valence electrons. The molecule has 25 heavy (non-hydrogen) atoms. The molecular weight excluding hydrogens is 348 g/mol. The van der Waals surface area contributed by atoms with E-state index in [0.717, 1.165) is 6.07 Å². The molecule has 0 atom stereocenters. The SMILES string of the molecule is CCn1c(=O)c2cnc(SC)nc2n1-c1ccc(F)c(C(C)(C)F)n1. The molecule has 3 aromatic rings. The number of alkyl halides is 1. The summed E-state index contributed by atoms with van der Waals surface area (Å²) in [6.45, 7) is 4.61. The Morgan fingerprint density at radius 1 is 1.28 bits per heavy atom. The number of hydrogen-bond acceptors (Lipinski definition) is 5. The van der Waals surface area contributed by atoms with Gasteiger partial charge in [0, 0.05) is 12.7 Å². The summed E-state index contributed by atoms with van der Waals surface area (Å²) in [5, 5.41) is 0.814. The molecule has 0 saturated heterocycles. The number of nitrogens with zero attached hydrogens (tertiary/aromatic N) is 5. The molecular formula is C16H17F2N5OS. The topological polar surface area (TPSA) is 65.6 Å². The van der Waals surface area contributed by atoms with Crippen LogP contribution >= 0.6 is 11.8 Å². The van der Waals surface area contributed by atoms with Gasteiger partial charge in [-0.05, 0) is 39.2 Å². The Kier molecular flexibility index (Phi) is 4.36. The molecule has 0 bridgehead atoms. The molecule has 0 aliphatic carbocycles. The number of thioether (sulfide) groups is 1. The van der Waals surface area contributed by atoms with E-state index in [0.29, 0.717) is 22.7 Å². The fourth-order valence-electron chi connectivity index (χ4n) is 2.60. The lowest BCUT2D eigenvalue weighted by Gasteiger charge is -2.17. The van der Waals surface area contributed by atoms with Crippen molar-refractivity contribution in [1.29, 1.82) is 0 Å². The van der Waals surface area contributed by atoms with Gasteiger partial charge < -0.3 is 0 Å². The van der Waals surface area contributed by atoms with E-state index in [2.05, 4.69) is 15.0 Å². The van der Waals surface area contributed by atoms with Crippen LogP contribution in [0.3, 0.4) is 0 Å². The second-order valence-electron chi connectivity index (χ2n) is 5.90. The Bertz CT molecular complexity index is 1010. The molecule has 0 unspecified atom stereocenters. The number of fused-ring (bicyclic) bond motifs is 1. The second kappa shape index (κ2) is 6.21. The molecule has 3 heterocycles. The van der Waals surface area contributed by atoms with Crippen molar-refractivity contribution in [3.63, 3.8) is 0 Å². The first kappa shape index (κ1) is 17.5. The van der Waals surface area contributed by atoms with Crippen LogP contribution in [0.5, 0.6) is 0 Å². The Morgan fingerprint density at radius 2 is 2.00 bits per heavy atom. The molecule has 0 spiro atoms. The van der Waals surface area contributed by atoms with Crippen molar-refractivity contribution in [3.05, 3.63) is 40.2 Å². The maximum Gasteiger partial charge on any atom is 0.278 e. The van der Waals surface area contributed by atoms with E-state index in [4.69, 9.17) is 0 Å². The average molecular weight is 365 g/mol. The third-order valence-electron chi connectivity index (χ3n) is 3.75. The highest BCUT2D eigenvalue weighted by molar-refractivity contribution is 7.98. The van der Waals surface area contributed by atoms with E-state index >= 15 is 0 Å². The quantitative estimate of drug-likeness (QED) is 0.525. The van der Waals surface area contributed by atoms with Gasteiger partial charge in [0.2, 0.25) is 0 Å². The van der Waals surface area contributed by atoms with Gasteiger partial charge in [0.05, 0.1) is 0 Å². The zero-order valence-corrected chi connectivity index (χ0v) is 15.1. The van der Waals surface area contributed by atoms with Crippen molar-refractivity contribution in [2.75, 3.05) is 6.26 Å². The minimum Gasteiger partial charge on any atom is -0.267 e. The third kappa shape index (κ3) is 2.92. The Balaban J connectivity index is 2.37. The van der Waals surface area contributed by atoms with E-state index < -0.39 is 11.5 Å².